The zero-order valence-corrected chi connectivity index (χ0v) is 9.18. The predicted octanol–water partition coefficient (Wildman–Crippen LogP) is 0.270. The number of rotatable bonds is 2. The summed E-state index contributed by atoms with van der Waals surface area (Å²) >= 11 is 0. The summed E-state index contributed by atoms with van der Waals surface area (Å²) in [7, 11) is 0. The van der Waals surface area contributed by atoms with E-state index in [2.05, 4.69) is 5.32 Å². The van der Waals surface area contributed by atoms with Crippen molar-refractivity contribution in [2.75, 3.05) is 6.54 Å². The van der Waals surface area contributed by atoms with E-state index in [4.69, 9.17) is 5.73 Å². The highest BCUT2D eigenvalue weighted by atomic mass is 16.2. The summed E-state index contributed by atoms with van der Waals surface area (Å²) in [5, 5.41) is 2.30. The van der Waals surface area contributed by atoms with Crippen molar-refractivity contribution in [3.05, 3.63) is 0 Å². The minimum absolute atomic E-state index is 0.0358. The topological polar surface area (TPSA) is 72.2 Å². The van der Waals surface area contributed by atoms with Crippen LogP contribution in [0.1, 0.15) is 27.7 Å². The van der Waals surface area contributed by atoms with Crippen molar-refractivity contribution in [1.29, 1.82) is 0 Å². The maximum absolute atomic E-state index is 11.6. The lowest BCUT2D eigenvalue weighted by atomic mass is 10.0. The fourth-order valence-corrected chi connectivity index (χ4v) is 2.11. The maximum atomic E-state index is 11.6. The molecule has 0 heterocycles. The Bertz CT molecular complexity index is 268. The summed E-state index contributed by atoms with van der Waals surface area (Å²) in [6, 6.07) is 0. The summed E-state index contributed by atoms with van der Waals surface area (Å²) in [5.41, 5.74) is 5.04. The summed E-state index contributed by atoms with van der Waals surface area (Å²) in [6.45, 7) is 7.99. The van der Waals surface area contributed by atoms with Crippen LogP contribution in [0.5, 0.6) is 0 Å². The van der Waals surface area contributed by atoms with Gasteiger partial charge < -0.3 is 5.73 Å². The fourth-order valence-electron chi connectivity index (χ4n) is 2.11. The molecule has 2 amide bonds. The molecule has 4 heteroatoms. The van der Waals surface area contributed by atoms with Gasteiger partial charge in [-0.25, -0.2) is 0 Å². The second kappa shape index (κ2) is 3.05. The Morgan fingerprint density at radius 1 is 1.21 bits per heavy atom. The van der Waals surface area contributed by atoms with Gasteiger partial charge in [-0.15, -0.1) is 0 Å². The highest BCUT2D eigenvalue weighted by Crippen LogP contribution is 2.68. The van der Waals surface area contributed by atoms with Crippen molar-refractivity contribution in [1.82, 2.24) is 5.32 Å². The first kappa shape index (κ1) is 11.2. The van der Waals surface area contributed by atoms with E-state index in [0.29, 0.717) is 0 Å². The molecule has 1 fully saturated rings. The van der Waals surface area contributed by atoms with Crippen molar-refractivity contribution in [2.45, 2.75) is 27.7 Å². The lowest BCUT2D eigenvalue weighted by Gasteiger charge is -2.03. The quantitative estimate of drug-likeness (QED) is 0.669. The number of amides is 2. The Kier molecular flexibility index (Phi) is 2.44. The highest BCUT2D eigenvalue weighted by Gasteiger charge is 2.68. The fraction of sp³-hybridized carbons (Fsp3) is 0.800. The van der Waals surface area contributed by atoms with E-state index in [0.717, 1.165) is 0 Å². The van der Waals surface area contributed by atoms with Crippen LogP contribution in [0.3, 0.4) is 0 Å². The van der Waals surface area contributed by atoms with E-state index >= 15 is 0 Å². The Hall–Kier alpha value is -0.900. The van der Waals surface area contributed by atoms with Gasteiger partial charge in [-0.3, -0.25) is 14.9 Å². The number of carbonyl (C=O) groups excluding carboxylic acids is 2. The van der Waals surface area contributed by atoms with E-state index in [1.54, 1.807) is 0 Å². The van der Waals surface area contributed by atoms with Crippen molar-refractivity contribution < 1.29 is 9.59 Å². The van der Waals surface area contributed by atoms with Gasteiger partial charge in [0.05, 0.1) is 6.54 Å². The Balaban J connectivity index is 2.62. The van der Waals surface area contributed by atoms with Gasteiger partial charge in [-0.1, -0.05) is 27.7 Å². The van der Waals surface area contributed by atoms with Gasteiger partial charge in [0, 0.05) is 5.92 Å². The highest BCUT2D eigenvalue weighted by molar-refractivity contribution is 5.99. The third kappa shape index (κ3) is 1.43. The van der Waals surface area contributed by atoms with Crippen molar-refractivity contribution >= 4 is 11.8 Å². The molecule has 0 aromatic rings. The summed E-state index contributed by atoms with van der Waals surface area (Å²) in [4.78, 5) is 22.5. The van der Waals surface area contributed by atoms with Crippen molar-refractivity contribution in [3.63, 3.8) is 0 Å². The van der Waals surface area contributed by atoms with Crippen LogP contribution in [0.25, 0.3) is 0 Å². The van der Waals surface area contributed by atoms with Crippen LogP contribution < -0.4 is 11.1 Å². The van der Waals surface area contributed by atoms with Gasteiger partial charge in [0.15, 0.2) is 0 Å². The minimum atomic E-state index is -0.409. The molecule has 1 saturated carbocycles. The summed E-state index contributed by atoms with van der Waals surface area (Å²) in [6.07, 6.45) is 0. The van der Waals surface area contributed by atoms with Crippen LogP contribution in [-0.2, 0) is 9.59 Å². The maximum Gasteiger partial charge on any atom is 0.240 e. The minimum Gasteiger partial charge on any atom is -0.322 e. The first-order chi connectivity index (χ1) is 6.25. The molecule has 14 heavy (non-hydrogen) atoms. The molecule has 3 N–H and O–H groups in total. The first-order valence-corrected chi connectivity index (χ1v) is 4.79. The Morgan fingerprint density at radius 3 is 1.93 bits per heavy atom. The van der Waals surface area contributed by atoms with Crippen LogP contribution in [-0.4, -0.2) is 18.4 Å². The van der Waals surface area contributed by atoms with E-state index in [-0.39, 0.29) is 29.2 Å². The SMILES string of the molecule is CC1(C)C(C(=O)NC(=O)CN)C1(C)C. The van der Waals surface area contributed by atoms with Gasteiger partial charge in [0.2, 0.25) is 11.8 Å². The first-order valence-electron chi connectivity index (χ1n) is 4.79. The number of imide groups is 1. The number of hydrogen-bond donors (Lipinski definition) is 2. The Morgan fingerprint density at radius 2 is 1.64 bits per heavy atom. The van der Waals surface area contributed by atoms with E-state index in [1.807, 2.05) is 27.7 Å². The molecule has 0 aromatic heterocycles. The smallest absolute Gasteiger partial charge is 0.240 e. The standard InChI is InChI=1S/C10H18N2O2/c1-9(2)7(10(9,3)4)8(14)12-6(13)5-11/h7H,5,11H2,1-4H3,(H,12,13,14). The average molecular weight is 198 g/mol. The lowest BCUT2D eigenvalue weighted by Crippen LogP contribution is -2.37. The molecule has 0 unspecified atom stereocenters. The predicted molar refractivity (Wildman–Crippen MR) is 53.3 cm³/mol. The zero-order chi connectivity index (χ0) is 11.1. The molecule has 0 aliphatic heterocycles. The largest absolute Gasteiger partial charge is 0.322 e. The molecule has 1 aliphatic rings. The molecule has 0 atom stereocenters. The molecular formula is C10H18N2O2. The Labute approximate surface area is 84.2 Å². The molecule has 4 nitrogen and oxygen atoms in total. The summed E-state index contributed by atoms with van der Waals surface area (Å²) in [5.74, 6) is -0.700. The second-order valence-electron chi connectivity index (χ2n) is 4.99. The van der Waals surface area contributed by atoms with Crippen molar-refractivity contribution in [2.24, 2.45) is 22.5 Å². The zero-order valence-electron chi connectivity index (χ0n) is 9.18. The molecule has 80 valence electrons. The third-order valence-electron chi connectivity index (χ3n) is 3.73. The van der Waals surface area contributed by atoms with Gasteiger partial charge in [0.25, 0.3) is 0 Å². The molecule has 0 saturated heterocycles. The van der Waals surface area contributed by atoms with E-state index in [1.165, 1.54) is 0 Å². The van der Waals surface area contributed by atoms with Crippen LogP contribution in [0.4, 0.5) is 0 Å². The van der Waals surface area contributed by atoms with Crippen LogP contribution in [0.2, 0.25) is 0 Å². The van der Waals surface area contributed by atoms with Crippen LogP contribution >= 0.6 is 0 Å². The molecule has 0 bridgehead atoms. The van der Waals surface area contributed by atoms with Gasteiger partial charge in [-0.05, 0) is 10.8 Å². The average Bonchev–Trinajstić information content (AvgIpc) is 2.42. The normalized spacial score (nSPS) is 22.9. The van der Waals surface area contributed by atoms with Gasteiger partial charge in [-0.2, -0.15) is 0 Å². The second-order valence-corrected chi connectivity index (χ2v) is 4.99. The molecule has 0 spiro atoms. The van der Waals surface area contributed by atoms with Crippen LogP contribution in [0.15, 0.2) is 0 Å². The molecule has 1 aliphatic carbocycles. The molecule has 1 rings (SSSR count). The van der Waals surface area contributed by atoms with E-state index < -0.39 is 5.91 Å². The molecular weight excluding hydrogens is 180 g/mol. The van der Waals surface area contributed by atoms with Crippen LogP contribution in [0, 0.1) is 16.7 Å². The number of hydrogen-bond acceptors (Lipinski definition) is 3. The van der Waals surface area contributed by atoms with Crippen molar-refractivity contribution in [3.8, 4) is 0 Å². The molecule has 0 aromatic carbocycles. The third-order valence-corrected chi connectivity index (χ3v) is 3.73. The van der Waals surface area contributed by atoms with Gasteiger partial charge in [0.1, 0.15) is 0 Å². The number of nitrogens with one attached hydrogen (secondary N) is 1. The number of carbonyl (C=O) groups is 2. The monoisotopic (exact) mass is 198 g/mol. The number of nitrogens with two attached hydrogens (primary N) is 1. The molecule has 0 radical (unpaired) electrons. The van der Waals surface area contributed by atoms with Gasteiger partial charge >= 0.3 is 0 Å². The summed E-state index contributed by atoms with van der Waals surface area (Å²) < 4.78 is 0. The lowest BCUT2D eigenvalue weighted by molar-refractivity contribution is -0.131. The van der Waals surface area contributed by atoms with E-state index in [9.17, 15) is 9.59 Å².